The van der Waals surface area contributed by atoms with Gasteiger partial charge in [-0.3, -0.25) is 10.6 Å². The maximum absolute atomic E-state index is 12.1. The van der Waals surface area contributed by atoms with Gasteiger partial charge < -0.3 is 52.4 Å². The molecule has 1 atom stereocenters. The Hall–Kier alpha value is -6.40. The maximum Gasteiger partial charge on any atom is 0.490 e. The van der Waals surface area contributed by atoms with Crippen molar-refractivity contribution in [2.24, 2.45) is 0 Å². The first-order chi connectivity index (χ1) is 26.9. The summed E-state index contributed by atoms with van der Waals surface area (Å²) in [6, 6.07) is 18.2. The number of benzene rings is 3. The molecule has 0 bridgehead atoms. The van der Waals surface area contributed by atoms with E-state index in [0.717, 1.165) is 18.2 Å². The lowest BCUT2D eigenvalue weighted by atomic mass is 10.3. The molecule has 0 spiro atoms. The Morgan fingerprint density at radius 1 is 0.554 bits per heavy atom. The lowest BCUT2D eigenvalue weighted by Crippen LogP contribution is -2.24. The van der Waals surface area contributed by atoms with E-state index in [9.17, 15) is 29.1 Å². The van der Waals surface area contributed by atoms with Crippen LogP contribution in [-0.2, 0) is 54.6 Å². The molecule has 1 unspecified atom stereocenters. The van der Waals surface area contributed by atoms with Gasteiger partial charge in [0.1, 0.15) is 50.3 Å². The lowest BCUT2D eigenvalue weighted by molar-refractivity contribution is -0.143. The zero-order valence-electron chi connectivity index (χ0n) is 29.6. The smallest absolute Gasteiger partial charge is 0.460 e. The van der Waals surface area contributed by atoms with Crippen LogP contribution >= 0.6 is 6.72 Å². The monoisotopic (exact) mass is 815 g/mol. The fraction of sp³-hybridized carbons (Fsp3) is 0.194. The van der Waals surface area contributed by atoms with Gasteiger partial charge in [0.15, 0.2) is 0 Å². The number of hydrogen-bond donors (Lipinski definition) is 4. The van der Waals surface area contributed by atoms with Gasteiger partial charge in [0.05, 0.1) is 6.61 Å². The van der Waals surface area contributed by atoms with E-state index in [1.54, 1.807) is 12.1 Å². The standard InChI is InChI=1S/C36H38N3O15PS/c1-4-31(40)46-19-22-49-34(43)37-25-7-13-28(14-8-25)52-55(56,53-29-15-9-26(10-16-29)38-35(44)50-23-20-47-32(41)5-2)54-30-17-11-27(12-18-30)39-36(45)51-24-21-48-33(42)6-3/h4-18,34,37,43H,1-3,19-24H2,(H,38,44)(H,39,45). The molecule has 0 aliphatic rings. The van der Waals surface area contributed by atoms with Gasteiger partial charge in [0.2, 0.25) is 6.41 Å². The van der Waals surface area contributed by atoms with Gasteiger partial charge in [-0.25, -0.2) is 24.0 Å². The van der Waals surface area contributed by atoms with Crippen molar-refractivity contribution in [2.45, 2.75) is 6.41 Å². The molecule has 0 aliphatic heterocycles. The highest BCUT2D eigenvalue weighted by Gasteiger charge is 2.27. The Morgan fingerprint density at radius 2 is 0.875 bits per heavy atom. The van der Waals surface area contributed by atoms with Crippen molar-refractivity contribution in [1.29, 1.82) is 0 Å². The van der Waals surface area contributed by atoms with E-state index in [1.807, 2.05) is 0 Å². The van der Waals surface area contributed by atoms with Crippen molar-refractivity contribution in [3.05, 3.63) is 111 Å². The van der Waals surface area contributed by atoms with E-state index in [-0.39, 0.29) is 56.9 Å². The first-order valence-corrected chi connectivity index (χ1v) is 18.8. The summed E-state index contributed by atoms with van der Waals surface area (Å²) in [5, 5.41) is 17.9. The van der Waals surface area contributed by atoms with Crippen molar-refractivity contribution in [2.75, 3.05) is 55.6 Å². The summed E-state index contributed by atoms with van der Waals surface area (Å²) in [5.41, 5.74) is 1.11. The third kappa shape index (κ3) is 17.2. The number of aliphatic hydroxyl groups excluding tert-OH is 1. The zero-order chi connectivity index (χ0) is 40.8. The SMILES string of the molecule is C=CC(=O)OCCOC(=O)Nc1ccc(OP(=S)(Oc2ccc(NC(=O)OCCOC(=O)C=C)cc2)Oc2ccc(NC(O)OCCOC(=O)C=C)cc2)cc1. The largest absolute Gasteiger partial charge is 0.490 e. The highest BCUT2D eigenvalue weighted by atomic mass is 32.5. The maximum atomic E-state index is 12.1. The molecule has 0 saturated carbocycles. The van der Waals surface area contributed by atoms with Crippen LogP contribution in [0.25, 0.3) is 0 Å². The molecule has 0 saturated heterocycles. The Morgan fingerprint density at radius 3 is 1.23 bits per heavy atom. The summed E-state index contributed by atoms with van der Waals surface area (Å²) >= 11 is 5.78. The third-order valence-corrected chi connectivity index (χ3v) is 8.20. The summed E-state index contributed by atoms with van der Waals surface area (Å²) in [4.78, 5) is 57.6. The summed E-state index contributed by atoms with van der Waals surface area (Å²) in [6.45, 7) is 5.28. The Labute approximate surface area is 326 Å². The van der Waals surface area contributed by atoms with Crippen molar-refractivity contribution < 1.29 is 71.1 Å². The van der Waals surface area contributed by atoms with Gasteiger partial charge in [-0.2, -0.15) is 0 Å². The second-order valence-electron chi connectivity index (χ2n) is 10.3. The van der Waals surface area contributed by atoms with Crippen molar-refractivity contribution in [3.8, 4) is 17.2 Å². The van der Waals surface area contributed by atoms with Crippen LogP contribution in [-0.4, -0.2) is 81.3 Å². The number of nitrogens with one attached hydrogen (secondary N) is 3. The topological polar surface area (TPSA) is 225 Å². The molecule has 3 rings (SSSR count). The molecular formula is C36H38N3O15PS. The number of anilines is 3. The van der Waals surface area contributed by atoms with Crippen LogP contribution in [0.15, 0.2) is 111 Å². The van der Waals surface area contributed by atoms with Crippen molar-refractivity contribution >= 4 is 65.7 Å². The van der Waals surface area contributed by atoms with Crippen LogP contribution < -0.4 is 29.5 Å². The highest BCUT2D eigenvalue weighted by molar-refractivity contribution is 8.08. The zero-order valence-corrected chi connectivity index (χ0v) is 31.3. The van der Waals surface area contributed by atoms with E-state index >= 15 is 0 Å². The van der Waals surface area contributed by atoms with Crippen molar-refractivity contribution in [3.63, 3.8) is 0 Å². The predicted molar refractivity (Wildman–Crippen MR) is 204 cm³/mol. The molecule has 0 aromatic heterocycles. The van der Waals surface area contributed by atoms with E-state index in [0.29, 0.717) is 17.1 Å². The molecule has 4 N–H and O–H groups in total. The number of carbonyl (C=O) groups excluding carboxylic acids is 5. The Bertz CT molecular complexity index is 1770. The molecule has 3 aromatic rings. The minimum atomic E-state index is -3.73. The Kier molecular flexibility index (Phi) is 18.4. The number of esters is 3. The molecule has 20 heteroatoms. The molecule has 56 heavy (non-hydrogen) atoms. The third-order valence-electron chi connectivity index (χ3n) is 6.22. The normalized spacial score (nSPS) is 10.9. The second-order valence-corrected chi connectivity index (χ2v) is 13.1. The minimum Gasteiger partial charge on any atom is -0.460 e. The van der Waals surface area contributed by atoms with Crippen LogP contribution in [0.5, 0.6) is 17.2 Å². The molecule has 0 heterocycles. The van der Waals surface area contributed by atoms with Gasteiger partial charge in [0, 0.05) is 47.1 Å². The molecule has 0 fully saturated rings. The minimum absolute atomic E-state index is 0.0845. The fourth-order valence-corrected chi connectivity index (χ4v) is 5.80. The van der Waals surface area contributed by atoms with E-state index in [1.165, 1.54) is 60.7 Å². The van der Waals surface area contributed by atoms with Gasteiger partial charge in [-0.1, -0.05) is 19.7 Å². The van der Waals surface area contributed by atoms with E-state index < -0.39 is 43.2 Å². The number of amides is 2. The van der Waals surface area contributed by atoms with Gasteiger partial charge in [0.25, 0.3) is 0 Å². The molecule has 0 radical (unpaired) electrons. The van der Waals surface area contributed by atoms with Crippen LogP contribution in [0.3, 0.4) is 0 Å². The molecular weight excluding hydrogens is 777 g/mol. The quantitative estimate of drug-likeness (QED) is 0.0234. The fourth-order valence-electron chi connectivity index (χ4n) is 3.78. The summed E-state index contributed by atoms with van der Waals surface area (Å²) in [5.74, 6) is -1.27. The molecule has 298 valence electrons. The first kappa shape index (κ1) is 44.0. The van der Waals surface area contributed by atoms with Crippen LogP contribution in [0.2, 0.25) is 0 Å². The molecule has 2 amide bonds. The first-order valence-electron chi connectivity index (χ1n) is 16.2. The number of aliphatic hydroxyl groups is 1. The van der Waals surface area contributed by atoms with Gasteiger partial charge in [-0.15, -0.1) is 0 Å². The molecule has 18 nitrogen and oxygen atoms in total. The lowest BCUT2D eigenvalue weighted by Gasteiger charge is -2.24. The number of rotatable bonds is 23. The van der Waals surface area contributed by atoms with Crippen LogP contribution in [0.1, 0.15) is 0 Å². The van der Waals surface area contributed by atoms with Gasteiger partial charge >= 0.3 is 36.8 Å². The summed E-state index contributed by atoms with van der Waals surface area (Å²) in [6.07, 6.45) is -0.0349. The van der Waals surface area contributed by atoms with Gasteiger partial charge in [-0.05, 0) is 72.8 Å². The van der Waals surface area contributed by atoms with E-state index in [4.69, 9.17) is 53.8 Å². The van der Waals surface area contributed by atoms with Crippen LogP contribution in [0.4, 0.5) is 26.7 Å². The molecule has 0 aliphatic carbocycles. The number of hydrogen-bond acceptors (Lipinski definition) is 17. The second kappa shape index (κ2) is 23.4. The number of ether oxygens (including phenoxy) is 6. The highest BCUT2D eigenvalue weighted by Crippen LogP contribution is 2.50. The average molecular weight is 816 g/mol. The molecule has 3 aromatic carbocycles. The Balaban J connectivity index is 1.67. The van der Waals surface area contributed by atoms with Crippen molar-refractivity contribution in [1.82, 2.24) is 0 Å². The summed E-state index contributed by atoms with van der Waals surface area (Å²) in [7, 11) is 0. The predicted octanol–water partition coefficient (Wildman–Crippen LogP) is 5.44. The summed E-state index contributed by atoms with van der Waals surface area (Å²) < 4.78 is 47.6. The average Bonchev–Trinajstić information content (AvgIpc) is 3.18. The van der Waals surface area contributed by atoms with E-state index in [2.05, 4.69) is 35.7 Å². The van der Waals surface area contributed by atoms with Crippen LogP contribution in [0, 0.1) is 0 Å². The number of carbonyl (C=O) groups is 5.